The van der Waals surface area contributed by atoms with Crippen molar-refractivity contribution >= 4 is 28.3 Å². The Balaban J connectivity index is 2.03. The van der Waals surface area contributed by atoms with Crippen LogP contribution < -0.4 is 5.32 Å². The van der Waals surface area contributed by atoms with Gasteiger partial charge in [0, 0.05) is 6.04 Å². The van der Waals surface area contributed by atoms with E-state index in [4.69, 9.17) is 0 Å². The van der Waals surface area contributed by atoms with Crippen LogP contribution in [0.2, 0.25) is 0 Å². The number of hydrogen-bond donors (Lipinski definition) is 1. The van der Waals surface area contributed by atoms with E-state index in [9.17, 15) is 4.39 Å². The average Bonchev–Trinajstić information content (AvgIpc) is 2.36. The van der Waals surface area contributed by atoms with Crippen LogP contribution >= 0.6 is 22.6 Å². The first-order valence-electron chi connectivity index (χ1n) is 5.91. The second-order valence-electron chi connectivity index (χ2n) is 4.34. The molecule has 1 N–H and O–H groups in total. The van der Waals surface area contributed by atoms with Crippen molar-refractivity contribution in [2.45, 2.75) is 19.4 Å². The molecule has 0 radical (unpaired) electrons. The highest BCUT2D eigenvalue weighted by Crippen LogP contribution is 2.22. The lowest BCUT2D eigenvalue weighted by molar-refractivity contribution is 0.620. The average molecular weight is 355 g/mol. The smallest absolute Gasteiger partial charge is 0.138 e. The number of nitrogens with one attached hydrogen (secondary N) is 1. The fourth-order valence-corrected chi connectivity index (χ4v) is 2.41. The van der Waals surface area contributed by atoms with E-state index in [0.717, 1.165) is 12.1 Å². The van der Waals surface area contributed by atoms with Crippen molar-refractivity contribution in [3.05, 3.63) is 63.5 Å². The second-order valence-corrected chi connectivity index (χ2v) is 5.42. The van der Waals surface area contributed by atoms with Gasteiger partial charge >= 0.3 is 0 Å². The molecule has 94 valence electrons. The molecular formula is C15H15FIN. The largest absolute Gasteiger partial charge is 0.381 e. The van der Waals surface area contributed by atoms with Gasteiger partial charge in [0.1, 0.15) is 5.82 Å². The minimum atomic E-state index is -0.174. The number of anilines is 1. The summed E-state index contributed by atoms with van der Waals surface area (Å²) < 4.78 is 14.1. The molecule has 0 bridgehead atoms. The Morgan fingerprint density at radius 1 is 1.11 bits per heavy atom. The van der Waals surface area contributed by atoms with E-state index in [1.54, 1.807) is 6.07 Å². The van der Waals surface area contributed by atoms with Gasteiger partial charge in [0.25, 0.3) is 0 Å². The van der Waals surface area contributed by atoms with E-state index in [1.165, 1.54) is 11.6 Å². The number of hydrogen-bond acceptors (Lipinski definition) is 1. The summed E-state index contributed by atoms with van der Waals surface area (Å²) in [7, 11) is 0. The molecule has 3 heteroatoms. The Morgan fingerprint density at radius 2 is 1.83 bits per heavy atom. The highest BCUT2D eigenvalue weighted by molar-refractivity contribution is 14.1. The van der Waals surface area contributed by atoms with Gasteiger partial charge < -0.3 is 5.32 Å². The van der Waals surface area contributed by atoms with Crippen molar-refractivity contribution < 1.29 is 4.39 Å². The fraction of sp³-hybridized carbons (Fsp3) is 0.200. The maximum Gasteiger partial charge on any atom is 0.138 e. The molecule has 0 aliphatic heterocycles. The predicted molar refractivity (Wildman–Crippen MR) is 82.3 cm³/mol. The van der Waals surface area contributed by atoms with Gasteiger partial charge in [0.15, 0.2) is 0 Å². The Morgan fingerprint density at radius 3 is 2.56 bits per heavy atom. The first-order valence-corrected chi connectivity index (χ1v) is 6.99. The van der Waals surface area contributed by atoms with E-state index in [1.807, 2.05) is 46.9 Å². The summed E-state index contributed by atoms with van der Waals surface area (Å²) in [5.41, 5.74) is 2.14. The molecule has 0 aromatic heterocycles. The minimum Gasteiger partial charge on any atom is -0.381 e. The second kappa shape index (κ2) is 6.18. The lowest BCUT2D eigenvalue weighted by Gasteiger charge is -2.16. The number of halogens is 2. The van der Waals surface area contributed by atoms with Crippen LogP contribution in [0, 0.1) is 9.39 Å². The molecule has 2 aromatic carbocycles. The Hall–Kier alpha value is -1.10. The maximum atomic E-state index is 13.4. The summed E-state index contributed by atoms with van der Waals surface area (Å²) in [6.07, 6.45) is 0.924. The van der Waals surface area contributed by atoms with Crippen molar-refractivity contribution in [2.75, 3.05) is 5.32 Å². The molecule has 18 heavy (non-hydrogen) atoms. The van der Waals surface area contributed by atoms with Crippen LogP contribution in [0.15, 0.2) is 48.5 Å². The van der Waals surface area contributed by atoms with Gasteiger partial charge in [0.05, 0.1) is 9.26 Å². The number of benzene rings is 2. The van der Waals surface area contributed by atoms with E-state index in [2.05, 4.69) is 24.4 Å². The molecule has 1 nitrogen and oxygen atoms in total. The summed E-state index contributed by atoms with van der Waals surface area (Å²) in [5.74, 6) is -0.174. The van der Waals surface area contributed by atoms with Crippen molar-refractivity contribution in [1.82, 2.24) is 0 Å². The molecule has 0 spiro atoms. The number of rotatable bonds is 4. The Labute approximate surface area is 121 Å². The zero-order valence-corrected chi connectivity index (χ0v) is 12.3. The lowest BCUT2D eigenvalue weighted by atomic mass is 10.1. The highest BCUT2D eigenvalue weighted by atomic mass is 127. The van der Waals surface area contributed by atoms with Crippen LogP contribution in [-0.2, 0) is 6.42 Å². The predicted octanol–water partition coefficient (Wildman–Crippen LogP) is 4.47. The lowest BCUT2D eigenvalue weighted by Crippen LogP contribution is -2.18. The molecule has 0 saturated carbocycles. The zero-order valence-electron chi connectivity index (χ0n) is 10.2. The molecule has 0 heterocycles. The van der Waals surface area contributed by atoms with Crippen LogP contribution in [0.25, 0.3) is 0 Å². The summed E-state index contributed by atoms with van der Waals surface area (Å²) >= 11 is 2.03. The first-order chi connectivity index (χ1) is 8.66. The van der Waals surface area contributed by atoms with Gasteiger partial charge in [-0.05, 0) is 53.6 Å². The van der Waals surface area contributed by atoms with Gasteiger partial charge in [-0.3, -0.25) is 0 Å². The molecule has 0 fully saturated rings. The quantitative estimate of drug-likeness (QED) is 0.798. The van der Waals surface area contributed by atoms with Crippen LogP contribution in [0.1, 0.15) is 12.5 Å². The molecule has 1 unspecified atom stereocenters. The third kappa shape index (κ3) is 3.45. The van der Waals surface area contributed by atoms with E-state index in [-0.39, 0.29) is 11.9 Å². The standard InChI is InChI=1S/C15H15FIN/c1-11(10-12-6-3-2-4-7-12)18-14-9-5-8-13(16)15(14)17/h2-9,11,18H,10H2,1H3. The summed E-state index contributed by atoms with van der Waals surface area (Å²) in [6.45, 7) is 2.11. The van der Waals surface area contributed by atoms with Crippen LogP contribution in [0.3, 0.4) is 0 Å². The van der Waals surface area contributed by atoms with Crippen LogP contribution in [-0.4, -0.2) is 6.04 Å². The fourth-order valence-electron chi connectivity index (χ4n) is 1.90. The van der Waals surface area contributed by atoms with E-state index >= 15 is 0 Å². The van der Waals surface area contributed by atoms with Crippen molar-refractivity contribution in [3.8, 4) is 0 Å². The summed E-state index contributed by atoms with van der Waals surface area (Å²) in [4.78, 5) is 0. The van der Waals surface area contributed by atoms with Gasteiger partial charge in [-0.15, -0.1) is 0 Å². The molecule has 0 aliphatic rings. The monoisotopic (exact) mass is 355 g/mol. The Kier molecular flexibility index (Phi) is 4.58. The van der Waals surface area contributed by atoms with Crippen molar-refractivity contribution in [3.63, 3.8) is 0 Å². The minimum absolute atomic E-state index is 0.174. The van der Waals surface area contributed by atoms with Crippen molar-refractivity contribution in [2.24, 2.45) is 0 Å². The van der Waals surface area contributed by atoms with Gasteiger partial charge in [-0.1, -0.05) is 36.4 Å². The molecule has 0 saturated heterocycles. The van der Waals surface area contributed by atoms with E-state index < -0.39 is 0 Å². The van der Waals surface area contributed by atoms with E-state index in [0.29, 0.717) is 3.57 Å². The normalized spacial score (nSPS) is 12.2. The van der Waals surface area contributed by atoms with Gasteiger partial charge in [-0.25, -0.2) is 4.39 Å². The maximum absolute atomic E-state index is 13.4. The third-order valence-electron chi connectivity index (χ3n) is 2.74. The third-order valence-corrected chi connectivity index (χ3v) is 3.83. The first kappa shape index (κ1) is 13.3. The molecule has 2 rings (SSSR count). The molecule has 2 aromatic rings. The molecule has 0 amide bonds. The zero-order chi connectivity index (χ0) is 13.0. The highest BCUT2D eigenvalue weighted by Gasteiger charge is 2.08. The van der Waals surface area contributed by atoms with Gasteiger partial charge in [0.2, 0.25) is 0 Å². The molecular weight excluding hydrogens is 340 g/mol. The van der Waals surface area contributed by atoms with Gasteiger partial charge in [-0.2, -0.15) is 0 Å². The SMILES string of the molecule is CC(Cc1ccccc1)Nc1cccc(F)c1I. The molecule has 1 atom stereocenters. The van der Waals surface area contributed by atoms with Crippen LogP contribution in [0.4, 0.5) is 10.1 Å². The summed E-state index contributed by atoms with van der Waals surface area (Å²) in [6, 6.07) is 15.7. The van der Waals surface area contributed by atoms with Crippen LogP contribution in [0.5, 0.6) is 0 Å². The molecule has 0 aliphatic carbocycles. The topological polar surface area (TPSA) is 12.0 Å². The summed E-state index contributed by atoms with van der Waals surface area (Å²) in [5, 5.41) is 3.35. The Bertz CT molecular complexity index is 513. The van der Waals surface area contributed by atoms with Crippen molar-refractivity contribution in [1.29, 1.82) is 0 Å².